The van der Waals surface area contributed by atoms with Crippen molar-refractivity contribution in [3.63, 3.8) is 0 Å². The standard InChI is InChI=1S/C14H17ClFNO/c1-2-14(6-3-7-17-14)13(18)9-10-8-11(16)4-5-12(10)15/h4-5,8,17H,2-3,6-7,9H2,1H3. The summed E-state index contributed by atoms with van der Waals surface area (Å²) in [6.07, 6.45) is 2.82. The Hall–Kier alpha value is -0.930. The highest BCUT2D eigenvalue weighted by molar-refractivity contribution is 6.31. The summed E-state index contributed by atoms with van der Waals surface area (Å²) in [5.41, 5.74) is 0.138. The van der Waals surface area contributed by atoms with Crippen molar-refractivity contribution in [1.82, 2.24) is 5.32 Å². The zero-order valence-electron chi connectivity index (χ0n) is 10.4. The lowest BCUT2D eigenvalue weighted by molar-refractivity contribution is -0.124. The van der Waals surface area contributed by atoms with Gasteiger partial charge in [0.1, 0.15) is 5.82 Å². The van der Waals surface area contributed by atoms with Gasteiger partial charge in [-0.05, 0) is 49.6 Å². The minimum Gasteiger partial charge on any atom is -0.305 e. The Balaban J connectivity index is 2.18. The second-order valence-electron chi connectivity index (χ2n) is 4.80. The first-order valence-corrected chi connectivity index (χ1v) is 6.67. The maximum absolute atomic E-state index is 13.2. The lowest BCUT2D eigenvalue weighted by atomic mass is 9.86. The van der Waals surface area contributed by atoms with E-state index in [1.54, 1.807) is 0 Å². The molecule has 0 aliphatic carbocycles. The van der Waals surface area contributed by atoms with Crippen LogP contribution in [0.2, 0.25) is 5.02 Å². The van der Waals surface area contributed by atoms with Crippen LogP contribution in [0.5, 0.6) is 0 Å². The van der Waals surface area contributed by atoms with Crippen LogP contribution in [0.3, 0.4) is 0 Å². The molecule has 1 unspecified atom stereocenters. The maximum atomic E-state index is 13.2. The summed E-state index contributed by atoms with van der Waals surface area (Å²) in [5, 5.41) is 3.74. The normalized spacial score (nSPS) is 23.3. The van der Waals surface area contributed by atoms with Crippen LogP contribution in [-0.2, 0) is 11.2 Å². The van der Waals surface area contributed by atoms with E-state index in [0.717, 1.165) is 25.8 Å². The number of halogens is 2. The summed E-state index contributed by atoms with van der Waals surface area (Å²) < 4.78 is 13.2. The van der Waals surface area contributed by atoms with Gasteiger partial charge in [-0.25, -0.2) is 4.39 Å². The lowest BCUT2D eigenvalue weighted by Gasteiger charge is -2.26. The van der Waals surface area contributed by atoms with Gasteiger partial charge in [0.25, 0.3) is 0 Å². The minimum atomic E-state index is -0.435. The molecule has 98 valence electrons. The van der Waals surface area contributed by atoms with Crippen LogP contribution in [0.15, 0.2) is 18.2 Å². The summed E-state index contributed by atoms with van der Waals surface area (Å²) in [6.45, 7) is 2.87. The molecule has 18 heavy (non-hydrogen) atoms. The third kappa shape index (κ3) is 2.57. The first kappa shape index (κ1) is 13.5. The SMILES string of the molecule is CCC1(C(=O)Cc2cc(F)ccc2Cl)CCCN1. The number of hydrogen-bond donors (Lipinski definition) is 1. The molecule has 1 N–H and O–H groups in total. The van der Waals surface area contributed by atoms with Gasteiger partial charge in [0.15, 0.2) is 5.78 Å². The van der Waals surface area contributed by atoms with Crippen molar-refractivity contribution >= 4 is 17.4 Å². The number of rotatable bonds is 4. The molecular formula is C14H17ClFNO. The molecule has 0 amide bonds. The van der Waals surface area contributed by atoms with E-state index in [9.17, 15) is 9.18 Å². The average Bonchev–Trinajstić information content (AvgIpc) is 2.84. The number of benzene rings is 1. The topological polar surface area (TPSA) is 29.1 Å². The van der Waals surface area contributed by atoms with Crippen molar-refractivity contribution in [3.05, 3.63) is 34.6 Å². The number of carbonyl (C=O) groups excluding carboxylic acids is 1. The third-order valence-corrected chi connectivity index (χ3v) is 4.11. The van der Waals surface area contributed by atoms with Crippen molar-refractivity contribution < 1.29 is 9.18 Å². The predicted octanol–water partition coefficient (Wildman–Crippen LogP) is 3.12. The molecule has 1 aromatic carbocycles. The minimum absolute atomic E-state index is 0.106. The van der Waals surface area contributed by atoms with Crippen molar-refractivity contribution in [2.24, 2.45) is 0 Å². The van der Waals surface area contributed by atoms with Crippen LogP contribution in [0, 0.1) is 5.82 Å². The van der Waals surface area contributed by atoms with E-state index in [1.807, 2.05) is 6.92 Å². The van der Waals surface area contributed by atoms with Gasteiger partial charge in [-0.3, -0.25) is 4.79 Å². The lowest BCUT2D eigenvalue weighted by Crippen LogP contribution is -2.47. The molecule has 0 bridgehead atoms. The zero-order valence-corrected chi connectivity index (χ0v) is 11.2. The first-order valence-electron chi connectivity index (χ1n) is 6.29. The van der Waals surface area contributed by atoms with Gasteiger partial charge in [0, 0.05) is 11.4 Å². The molecular weight excluding hydrogens is 253 g/mol. The number of carbonyl (C=O) groups is 1. The van der Waals surface area contributed by atoms with Crippen LogP contribution < -0.4 is 5.32 Å². The van der Waals surface area contributed by atoms with Gasteiger partial charge in [-0.1, -0.05) is 18.5 Å². The van der Waals surface area contributed by atoms with E-state index in [0.29, 0.717) is 10.6 Å². The smallest absolute Gasteiger partial charge is 0.157 e. The molecule has 0 saturated carbocycles. The van der Waals surface area contributed by atoms with Crippen LogP contribution in [0.25, 0.3) is 0 Å². The quantitative estimate of drug-likeness (QED) is 0.910. The predicted molar refractivity (Wildman–Crippen MR) is 70.4 cm³/mol. The van der Waals surface area contributed by atoms with Crippen LogP contribution in [-0.4, -0.2) is 17.9 Å². The summed E-state index contributed by atoms with van der Waals surface area (Å²) in [7, 11) is 0. The van der Waals surface area contributed by atoms with Crippen LogP contribution in [0.1, 0.15) is 31.7 Å². The second-order valence-corrected chi connectivity index (χ2v) is 5.21. The number of nitrogens with one attached hydrogen (secondary N) is 1. The molecule has 1 fully saturated rings. The Labute approximate surface area is 112 Å². The molecule has 1 atom stereocenters. The van der Waals surface area contributed by atoms with E-state index in [2.05, 4.69) is 5.32 Å². The average molecular weight is 270 g/mol. The Bertz CT molecular complexity index is 455. The molecule has 0 spiro atoms. The van der Waals surface area contributed by atoms with Crippen LogP contribution in [0.4, 0.5) is 4.39 Å². The maximum Gasteiger partial charge on any atom is 0.157 e. The van der Waals surface area contributed by atoms with Crippen molar-refractivity contribution in [2.75, 3.05) is 6.54 Å². The Morgan fingerprint density at radius 1 is 1.56 bits per heavy atom. The van der Waals surface area contributed by atoms with E-state index >= 15 is 0 Å². The molecule has 1 aliphatic heterocycles. The number of Topliss-reactive ketones (excluding diaryl/α,β-unsaturated/α-hetero) is 1. The Morgan fingerprint density at radius 3 is 2.94 bits per heavy atom. The molecule has 1 heterocycles. The van der Waals surface area contributed by atoms with Crippen molar-refractivity contribution in [1.29, 1.82) is 0 Å². The van der Waals surface area contributed by atoms with Gasteiger partial charge < -0.3 is 5.32 Å². The van der Waals surface area contributed by atoms with Gasteiger partial charge in [0.05, 0.1) is 5.54 Å². The summed E-state index contributed by atoms with van der Waals surface area (Å²) >= 11 is 6.00. The van der Waals surface area contributed by atoms with Crippen molar-refractivity contribution in [2.45, 2.75) is 38.1 Å². The third-order valence-electron chi connectivity index (χ3n) is 3.74. The Kier molecular flexibility index (Phi) is 4.03. The molecule has 4 heteroatoms. The molecule has 1 saturated heterocycles. The second kappa shape index (κ2) is 5.37. The van der Waals surface area contributed by atoms with Gasteiger partial charge >= 0.3 is 0 Å². The van der Waals surface area contributed by atoms with Crippen molar-refractivity contribution in [3.8, 4) is 0 Å². The van der Waals surface area contributed by atoms with E-state index in [-0.39, 0.29) is 18.0 Å². The summed E-state index contributed by atoms with van der Waals surface area (Å²) in [4.78, 5) is 12.4. The number of ketones is 1. The summed E-state index contributed by atoms with van der Waals surface area (Å²) in [6, 6.07) is 4.15. The van der Waals surface area contributed by atoms with E-state index in [1.165, 1.54) is 18.2 Å². The molecule has 0 radical (unpaired) electrons. The van der Waals surface area contributed by atoms with Crippen LogP contribution >= 0.6 is 11.6 Å². The fourth-order valence-electron chi connectivity index (χ4n) is 2.56. The fraction of sp³-hybridized carbons (Fsp3) is 0.500. The molecule has 0 aromatic heterocycles. The zero-order chi connectivity index (χ0) is 13.2. The highest BCUT2D eigenvalue weighted by Crippen LogP contribution is 2.27. The highest BCUT2D eigenvalue weighted by Gasteiger charge is 2.38. The van der Waals surface area contributed by atoms with E-state index < -0.39 is 5.54 Å². The van der Waals surface area contributed by atoms with Gasteiger partial charge in [-0.2, -0.15) is 0 Å². The molecule has 2 rings (SSSR count). The number of hydrogen-bond acceptors (Lipinski definition) is 2. The monoisotopic (exact) mass is 269 g/mol. The van der Waals surface area contributed by atoms with Gasteiger partial charge in [0.2, 0.25) is 0 Å². The van der Waals surface area contributed by atoms with E-state index in [4.69, 9.17) is 11.6 Å². The summed E-state index contributed by atoms with van der Waals surface area (Å²) in [5.74, 6) is -0.248. The highest BCUT2D eigenvalue weighted by atomic mass is 35.5. The van der Waals surface area contributed by atoms with Gasteiger partial charge in [-0.15, -0.1) is 0 Å². The molecule has 1 aromatic rings. The Morgan fingerprint density at radius 2 is 2.33 bits per heavy atom. The molecule has 1 aliphatic rings. The first-order chi connectivity index (χ1) is 8.57. The molecule has 2 nitrogen and oxygen atoms in total. The fourth-order valence-corrected chi connectivity index (χ4v) is 2.75. The largest absolute Gasteiger partial charge is 0.305 e.